The average molecular weight is 353 g/mol. The van der Waals surface area contributed by atoms with E-state index in [-0.39, 0.29) is 5.54 Å². The van der Waals surface area contributed by atoms with E-state index in [2.05, 4.69) is 59.4 Å². The van der Waals surface area contributed by atoms with Crippen LogP contribution in [0.3, 0.4) is 0 Å². The zero-order valence-electron chi connectivity index (χ0n) is 12.0. The number of halogens is 1. The summed E-state index contributed by atoms with van der Waals surface area (Å²) >= 11 is 5.51. The van der Waals surface area contributed by atoms with Gasteiger partial charge in [-0.05, 0) is 67.6 Å². The van der Waals surface area contributed by atoms with Crippen LogP contribution in [-0.2, 0) is 0 Å². The summed E-state index contributed by atoms with van der Waals surface area (Å²) in [7, 11) is 0. The molecule has 1 aromatic carbocycles. The van der Waals surface area contributed by atoms with Crippen molar-refractivity contribution in [3.05, 3.63) is 28.7 Å². The van der Waals surface area contributed by atoms with Gasteiger partial charge in [-0.15, -0.1) is 11.8 Å². The van der Waals surface area contributed by atoms with E-state index in [0.717, 1.165) is 23.7 Å². The van der Waals surface area contributed by atoms with Crippen LogP contribution in [0.25, 0.3) is 0 Å². The molecular weight excluding hydrogens is 332 g/mol. The maximum Gasteiger partial charge on any atom is 0.108 e. The molecule has 2 unspecified atom stereocenters. The van der Waals surface area contributed by atoms with Crippen LogP contribution >= 0.6 is 27.7 Å². The molecule has 4 heteroatoms. The minimum Gasteiger partial charge on any atom is -0.297 e. The number of nitrogens with zero attached hydrogens (tertiary/aromatic N) is 1. The second-order valence-electron chi connectivity index (χ2n) is 5.76. The lowest BCUT2D eigenvalue weighted by atomic mass is 9.82. The molecule has 20 heavy (non-hydrogen) atoms. The van der Waals surface area contributed by atoms with Gasteiger partial charge in [0.25, 0.3) is 0 Å². The number of benzene rings is 1. The van der Waals surface area contributed by atoms with Crippen LogP contribution in [0.4, 0.5) is 0 Å². The zero-order valence-corrected chi connectivity index (χ0v) is 14.4. The second kappa shape index (κ2) is 6.98. The van der Waals surface area contributed by atoms with Gasteiger partial charge in [-0.3, -0.25) is 5.32 Å². The Bertz CT molecular complexity index is 497. The van der Waals surface area contributed by atoms with Gasteiger partial charge in [-0.1, -0.05) is 12.1 Å². The van der Waals surface area contributed by atoms with Crippen LogP contribution in [0.15, 0.2) is 33.6 Å². The predicted molar refractivity (Wildman–Crippen MR) is 88.9 cm³/mol. The minimum atomic E-state index is -0.342. The van der Waals surface area contributed by atoms with Gasteiger partial charge in [0.2, 0.25) is 0 Å². The van der Waals surface area contributed by atoms with Gasteiger partial charge in [0.05, 0.1) is 6.07 Å². The number of hydrogen-bond donors (Lipinski definition) is 1. The van der Waals surface area contributed by atoms with E-state index in [1.165, 1.54) is 11.3 Å². The van der Waals surface area contributed by atoms with Gasteiger partial charge in [0, 0.05) is 20.7 Å². The smallest absolute Gasteiger partial charge is 0.108 e. The Morgan fingerprint density at radius 1 is 1.45 bits per heavy atom. The van der Waals surface area contributed by atoms with Gasteiger partial charge in [0.15, 0.2) is 0 Å². The van der Waals surface area contributed by atoms with Crippen LogP contribution in [0.1, 0.15) is 39.5 Å². The average Bonchev–Trinajstić information content (AvgIpc) is 2.41. The van der Waals surface area contributed by atoms with Crippen molar-refractivity contribution in [1.29, 1.82) is 5.26 Å². The zero-order chi connectivity index (χ0) is 14.6. The lowest BCUT2D eigenvalue weighted by molar-refractivity contribution is 0.284. The SMILES string of the molecule is CC(C)NC1(C#N)CCCC(Sc2ccccc2Br)C1. The molecule has 0 aliphatic heterocycles. The normalized spacial score (nSPS) is 26.4. The lowest BCUT2D eigenvalue weighted by Gasteiger charge is -2.37. The van der Waals surface area contributed by atoms with Gasteiger partial charge < -0.3 is 0 Å². The first kappa shape index (κ1) is 15.9. The van der Waals surface area contributed by atoms with E-state index >= 15 is 0 Å². The Morgan fingerprint density at radius 2 is 2.20 bits per heavy atom. The van der Waals surface area contributed by atoms with Gasteiger partial charge in [-0.2, -0.15) is 5.26 Å². The molecule has 0 heterocycles. The van der Waals surface area contributed by atoms with Crippen molar-refractivity contribution in [3.8, 4) is 6.07 Å². The van der Waals surface area contributed by atoms with E-state index in [1.54, 1.807) is 0 Å². The summed E-state index contributed by atoms with van der Waals surface area (Å²) in [6.45, 7) is 4.23. The van der Waals surface area contributed by atoms with Crippen LogP contribution in [-0.4, -0.2) is 16.8 Å². The van der Waals surface area contributed by atoms with Crippen LogP contribution in [0.2, 0.25) is 0 Å². The molecule has 0 saturated heterocycles. The van der Waals surface area contributed by atoms with Gasteiger partial charge >= 0.3 is 0 Å². The van der Waals surface area contributed by atoms with Crippen LogP contribution < -0.4 is 5.32 Å². The van der Waals surface area contributed by atoms with E-state index in [1.807, 2.05) is 17.8 Å². The van der Waals surface area contributed by atoms with E-state index < -0.39 is 0 Å². The van der Waals surface area contributed by atoms with Crippen LogP contribution in [0, 0.1) is 11.3 Å². The molecule has 1 N–H and O–H groups in total. The maximum atomic E-state index is 9.60. The van der Waals surface area contributed by atoms with Gasteiger partial charge in [0.1, 0.15) is 5.54 Å². The largest absolute Gasteiger partial charge is 0.297 e. The predicted octanol–water partition coefficient (Wildman–Crippen LogP) is 4.74. The van der Waals surface area contributed by atoms with Crippen molar-refractivity contribution in [2.24, 2.45) is 0 Å². The monoisotopic (exact) mass is 352 g/mol. The Hall–Kier alpha value is -0.500. The highest BCUT2D eigenvalue weighted by Crippen LogP contribution is 2.40. The van der Waals surface area contributed by atoms with Crippen molar-refractivity contribution in [2.45, 2.75) is 61.3 Å². The van der Waals surface area contributed by atoms with Crippen LogP contribution in [0.5, 0.6) is 0 Å². The fraction of sp³-hybridized carbons (Fsp3) is 0.562. The molecule has 1 aliphatic rings. The molecule has 2 nitrogen and oxygen atoms in total. The summed E-state index contributed by atoms with van der Waals surface area (Å²) in [5, 5.41) is 13.6. The summed E-state index contributed by atoms with van der Waals surface area (Å²) in [6.07, 6.45) is 4.20. The number of rotatable bonds is 4. The van der Waals surface area contributed by atoms with Crippen molar-refractivity contribution >= 4 is 27.7 Å². The Kier molecular flexibility index (Phi) is 5.54. The molecule has 2 atom stereocenters. The summed E-state index contributed by atoms with van der Waals surface area (Å²) in [4.78, 5) is 1.27. The molecule has 0 bridgehead atoms. The summed E-state index contributed by atoms with van der Waals surface area (Å²) < 4.78 is 1.15. The topological polar surface area (TPSA) is 35.8 Å². The van der Waals surface area contributed by atoms with E-state index in [4.69, 9.17) is 0 Å². The summed E-state index contributed by atoms with van der Waals surface area (Å²) in [5.41, 5.74) is -0.342. The van der Waals surface area contributed by atoms with Crippen molar-refractivity contribution in [1.82, 2.24) is 5.32 Å². The number of hydrogen-bond acceptors (Lipinski definition) is 3. The molecule has 1 aliphatic carbocycles. The first-order valence-electron chi connectivity index (χ1n) is 7.15. The number of thioether (sulfide) groups is 1. The molecule has 2 rings (SSSR count). The Balaban J connectivity index is 2.07. The molecule has 0 spiro atoms. The fourth-order valence-corrected chi connectivity index (χ4v) is 4.78. The molecule has 108 valence electrons. The molecule has 0 amide bonds. The quantitative estimate of drug-likeness (QED) is 0.849. The maximum absolute atomic E-state index is 9.60. The Morgan fingerprint density at radius 3 is 2.85 bits per heavy atom. The van der Waals surface area contributed by atoms with Crippen molar-refractivity contribution < 1.29 is 0 Å². The molecule has 1 aromatic rings. The standard InChI is InChI=1S/C16H21BrN2S/c1-12(2)19-16(11-18)9-5-6-13(10-16)20-15-8-4-3-7-14(15)17/h3-4,7-8,12-13,19H,5-6,9-10H2,1-2H3. The van der Waals surface area contributed by atoms with E-state index in [9.17, 15) is 5.26 Å². The second-order valence-corrected chi connectivity index (χ2v) is 7.96. The first-order valence-corrected chi connectivity index (χ1v) is 8.82. The fourth-order valence-electron chi connectivity index (χ4n) is 2.86. The number of nitrogens with one attached hydrogen (secondary N) is 1. The third-order valence-corrected chi connectivity index (χ3v) is 5.91. The lowest BCUT2D eigenvalue weighted by Crippen LogP contribution is -2.51. The molecule has 0 aromatic heterocycles. The highest BCUT2D eigenvalue weighted by Gasteiger charge is 2.37. The molecular formula is C16H21BrN2S. The third-order valence-electron chi connectivity index (χ3n) is 3.62. The highest BCUT2D eigenvalue weighted by atomic mass is 79.9. The van der Waals surface area contributed by atoms with Crippen molar-refractivity contribution in [2.75, 3.05) is 0 Å². The minimum absolute atomic E-state index is 0.342. The molecule has 1 fully saturated rings. The van der Waals surface area contributed by atoms with Gasteiger partial charge in [-0.25, -0.2) is 0 Å². The summed E-state index contributed by atoms with van der Waals surface area (Å²) in [5.74, 6) is 0. The van der Waals surface area contributed by atoms with Crippen molar-refractivity contribution in [3.63, 3.8) is 0 Å². The highest BCUT2D eigenvalue weighted by molar-refractivity contribution is 9.10. The number of nitriles is 1. The molecule has 1 saturated carbocycles. The molecule has 0 radical (unpaired) electrons. The third kappa shape index (κ3) is 4.00. The summed E-state index contributed by atoms with van der Waals surface area (Å²) in [6, 6.07) is 11.2. The Labute approximate surface area is 134 Å². The van der Waals surface area contributed by atoms with E-state index in [0.29, 0.717) is 11.3 Å². The first-order chi connectivity index (χ1) is 9.54.